The van der Waals surface area contributed by atoms with Crippen molar-refractivity contribution in [2.45, 2.75) is 25.2 Å². The van der Waals surface area contributed by atoms with E-state index in [4.69, 9.17) is 5.73 Å². The highest BCUT2D eigenvalue weighted by molar-refractivity contribution is 5.67. The number of fused-ring (bicyclic) bond motifs is 1. The van der Waals surface area contributed by atoms with E-state index in [2.05, 4.69) is 20.6 Å². The number of anilines is 3. The average Bonchev–Trinajstić information content (AvgIpc) is 2.27. The molecule has 0 aromatic carbocycles. The largest absolute Gasteiger partial charge is 0.391 e. The van der Waals surface area contributed by atoms with Crippen molar-refractivity contribution < 1.29 is 10.2 Å². The van der Waals surface area contributed by atoms with E-state index >= 15 is 0 Å². The molecule has 3 atom stereocenters. The third kappa shape index (κ3) is 2.17. The van der Waals surface area contributed by atoms with Gasteiger partial charge in [0.05, 0.1) is 12.1 Å². The molecule has 1 aliphatic heterocycles. The summed E-state index contributed by atoms with van der Waals surface area (Å²) in [4.78, 5) is 17.9. The van der Waals surface area contributed by atoms with E-state index in [0.717, 1.165) is 0 Å². The van der Waals surface area contributed by atoms with E-state index in [1.165, 1.54) is 6.92 Å². The van der Waals surface area contributed by atoms with Gasteiger partial charge < -0.3 is 26.6 Å². The van der Waals surface area contributed by atoms with Gasteiger partial charge in [0, 0.05) is 6.54 Å². The summed E-state index contributed by atoms with van der Waals surface area (Å²) in [5.41, 5.74) is 5.20. The summed E-state index contributed by atoms with van der Waals surface area (Å²) < 4.78 is 0. The number of nitrogen functional groups attached to an aromatic ring is 1. The Hall–Kier alpha value is -1.80. The standard InChI is InChI=1S/C9H15N5O3/c1-3(15)6(16)4-2-11-7-5(12-4)8(17)14-9(10)13-7/h3-4,6,12,15-16H,2H2,1H3,(H4,10,11,13,14,17)/t3-,4?,6+/m0/s1. The van der Waals surface area contributed by atoms with Crippen LogP contribution in [0, 0.1) is 0 Å². The first-order chi connectivity index (χ1) is 7.99. The van der Waals surface area contributed by atoms with E-state index < -0.39 is 23.8 Å². The number of nitrogens with zero attached hydrogens (tertiary/aromatic N) is 1. The second-order valence-corrected chi connectivity index (χ2v) is 4.04. The molecule has 1 aromatic rings. The zero-order valence-corrected chi connectivity index (χ0v) is 9.27. The molecule has 0 fully saturated rings. The average molecular weight is 241 g/mol. The molecule has 0 saturated heterocycles. The number of nitrogens with two attached hydrogens (primary N) is 1. The Labute approximate surface area is 96.9 Å². The molecule has 0 radical (unpaired) electrons. The molecular formula is C9H15N5O3. The van der Waals surface area contributed by atoms with Crippen LogP contribution >= 0.6 is 0 Å². The minimum Gasteiger partial charge on any atom is -0.391 e. The molecule has 2 heterocycles. The predicted octanol–water partition coefficient (Wildman–Crippen LogP) is -1.70. The van der Waals surface area contributed by atoms with Gasteiger partial charge in [-0.1, -0.05) is 0 Å². The number of aliphatic hydroxyl groups is 2. The van der Waals surface area contributed by atoms with E-state index in [1.807, 2.05) is 0 Å². The normalized spacial score (nSPS) is 21.9. The number of H-pyrrole nitrogens is 1. The maximum atomic E-state index is 11.6. The highest BCUT2D eigenvalue weighted by Crippen LogP contribution is 2.21. The highest BCUT2D eigenvalue weighted by Gasteiger charge is 2.29. The summed E-state index contributed by atoms with van der Waals surface area (Å²) in [6.07, 6.45) is -1.87. The zero-order chi connectivity index (χ0) is 12.6. The van der Waals surface area contributed by atoms with E-state index in [0.29, 0.717) is 12.4 Å². The lowest BCUT2D eigenvalue weighted by molar-refractivity contribution is 0.0214. The minimum absolute atomic E-state index is 0.0255. The fraction of sp³-hybridized carbons (Fsp3) is 0.556. The molecule has 94 valence electrons. The molecule has 1 aliphatic rings. The van der Waals surface area contributed by atoms with Gasteiger partial charge in [0.15, 0.2) is 5.82 Å². The Bertz CT molecular complexity index is 472. The van der Waals surface area contributed by atoms with Crippen molar-refractivity contribution >= 4 is 17.5 Å². The van der Waals surface area contributed by atoms with Crippen LogP contribution in [0.2, 0.25) is 0 Å². The van der Waals surface area contributed by atoms with E-state index in [1.54, 1.807) is 0 Å². The van der Waals surface area contributed by atoms with Crippen molar-refractivity contribution in [1.29, 1.82) is 0 Å². The predicted molar refractivity (Wildman–Crippen MR) is 62.9 cm³/mol. The van der Waals surface area contributed by atoms with Crippen molar-refractivity contribution in [3.8, 4) is 0 Å². The number of aromatic amines is 1. The molecule has 1 unspecified atom stereocenters. The second kappa shape index (κ2) is 4.22. The Morgan fingerprint density at radius 1 is 1.53 bits per heavy atom. The van der Waals surface area contributed by atoms with Gasteiger partial charge in [-0.3, -0.25) is 9.78 Å². The first-order valence-electron chi connectivity index (χ1n) is 5.25. The Morgan fingerprint density at radius 2 is 2.24 bits per heavy atom. The number of hydrogen-bond donors (Lipinski definition) is 6. The number of rotatable bonds is 2. The molecule has 0 bridgehead atoms. The molecule has 8 nitrogen and oxygen atoms in total. The summed E-state index contributed by atoms with van der Waals surface area (Å²) in [5.74, 6) is 0.373. The van der Waals surface area contributed by atoms with Crippen molar-refractivity contribution in [2.24, 2.45) is 0 Å². The van der Waals surface area contributed by atoms with Crippen LogP contribution in [0.15, 0.2) is 4.79 Å². The monoisotopic (exact) mass is 241 g/mol. The lowest BCUT2D eigenvalue weighted by atomic mass is 10.0. The number of hydrogen-bond acceptors (Lipinski definition) is 7. The minimum atomic E-state index is -0.979. The van der Waals surface area contributed by atoms with Gasteiger partial charge >= 0.3 is 0 Å². The van der Waals surface area contributed by atoms with Gasteiger partial charge in [0.25, 0.3) is 5.56 Å². The topological polar surface area (TPSA) is 136 Å². The van der Waals surface area contributed by atoms with E-state index in [-0.39, 0.29) is 11.6 Å². The Morgan fingerprint density at radius 3 is 2.88 bits per heavy atom. The van der Waals surface area contributed by atoms with Crippen LogP contribution in [0.4, 0.5) is 17.5 Å². The molecule has 0 amide bonds. The molecule has 0 aliphatic carbocycles. The third-order valence-corrected chi connectivity index (χ3v) is 2.66. The van der Waals surface area contributed by atoms with Crippen LogP contribution in [0.25, 0.3) is 0 Å². The summed E-state index contributed by atoms with van der Waals surface area (Å²) in [5, 5.41) is 24.7. The van der Waals surface area contributed by atoms with Crippen LogP contribution in [0.5, 0.6) is 0 Å². The van der Waals surface area contributed by atoms with Crippen molar-refractivity contribution in [3.63, 3.8) is 0 Å². The van der Waals surface area contributed by atoms with Crippen molar-refractivity contribution in [2.75, 3.05) is 22.9 Å². The van der Waals surface area contributed by atoms with Crippen LogP contribution in [-0.2, 0) is 0 Å². The number of aromatic nitrogens is 2. The molecule has 17 heavy (non-hydrogen) atoms. The van der Waals surface area contributed by atoms with Gasteiger partial charge in [-0.2, -0.15) is 4.98 Å². The number of nitrogens with one attached hydrogen (secondary N) is 3. The first kappa shape index (κ1) is 11.7. The van der Waals surface area contributed by atoms with Crippen molar-refractivity contribution in [1.82, 2.24) is 9.97 Å². The second-order valence-electron chi connectivity index (χ2n) is 4.04. The molecule has 2 rings (SSSR count). The lowest BCUT2D eigenvalue weighted by Gasteiger charge is -2.31. The van der Waals surface area contributed by atoms with Crippen LogP contribution in [-0.4, -0.2) is 45.0 Å². The van der Waals surface area contributed by atoms with Crippen molar-refractivity contribution in [3.05, 3.63) is 10.4 Å². The van der Waals surface area contributed by atoms with Crippen LogP contribution in [0.1, 0.15) is 6.92 Å². The summed E-state index contributed by atoms with van der Waals surface area (Å²) >= 11 is 0. The molecular weight excluding hydrogens is 226 g/mol. The SMILES string of the molecule is C[C@H](O)[C@@H](O)C1CNc2nc(N)[nH]c(=O)c2N1. The summed E-state index contributed by atoms with van der Waals surface area (Å²) in [7, 11) is 0. The van der Waals surface area contributed by atoms with Gasteiger partial charge in [-0.15, -0.1) is 0 Å². The fourth-order valence-corrected chi connectivity index (χ4v) is 1.74. The Kier molecular flexibility index (Phi) is 2.90. The molecule has 8 heteroatoms. The molecule has 0 spiro atoms. The quantitative estimate of drug-likeness (QED) is 0.363. The molecule has 1 aromatic heterocycles. The van der Waals surface area contributed by atoms with Crippen LogP contribution < -0.4 is 21.9 Å². The fourth-order valence-electron chi connectivity index (χ4n) is 1.74. The number of aliphatic hydroxyl groups excluding tert-OH is 2. The highest BCUT2D eigenvalue weighted by atomic mass is 16.3. The lowest BCUT2D eigenvalue weighted by Crippen LogP contribution is -2.48. The van der Waals surface area contributed by atoms with Gasteiger partial charge in [0.1, 0.15) is 11.8 Å². The van der Waals surface area contributed by atoms with Gasteiger partial charge in [-0.05, 0) is 6.92 Å². The summed E-state index contributed by atoms with van der Waals surface area (Å²) in [6.45, 7) is 1.82. The maximum Gasteiger partial charge on any atom is 0.277 e. The van der Waals surface area contributed by atoms with Crippen LogP contribution in [0.3, 0.4) is 0 Å². The van der Waals surface area contributed by atoms with Gasteiger partial charge in [-0.25, -0.2) is 0 Å². The molecule has 7 N–H and O–H groups in total. The Balaban J connectivity index is 2.27. The zero-order valence-electron chi connectivity index (χ0n) is 9.27. The third-order valence-electron chi connectivity index (χ3n) is 2.66. The maximum absolute atomic E-state index is 11.6. The summed E-state index contributed by atoms with van der Waals surface area (Å²) in [6, 6.07) is -0.464. The van der Waals surface area contributed by atoms with E-state index in [9.17, 15) is 15.0 Å². The molecule has 0 saturated carbocycles. The van der Waals surface area contributed by atoms with Gasteiger partial charge in [0.2, 0.25) is 5.95 Å². The first-order valence-corrected chi connectivity index (χ1v) is 5.25. The smallest absolute Gasteiger partial charge is 0.277 e.